The van der Waals surface area contributed by atoms with Crippen LogP contribution in [-0.4, -0.2) is 58.6 Å². The molecule has 0 radical (unpaired) electrons. The van der Waals surface area contributed by atoms with Crippen molar-refractivity contribution in [2.24, 2.45) is 0 Å². The van der Waals surface area contributed by atoms with Crippen molar-refractivity contribution in [2.45, 2.75) is 0 Å². The lowest BCUT2D eigenvalue weighted by Gasteiger charge is -2.12. The number of fused-ring (bicyclic) bond motifs is 33. The molecule has 0 spiro atoms. The van der Waals surface area contributed by atoms with Crippen molar-refractivity contribution in [3.8, 4) is 96.1 Å². The molecule has 19 aromatic carbocycles. The zero-order chi connectivity index (χ0) is 98.9. The highest BCUT2D eigenvalue weighted by Gasteiger charge is 2.28. The summed E-state index contributed by atoms with van der Waals surface area (Å²) in [6.45, 7) is 0. The highest BCUT2D eigenvalue weighted by Crippen LogP contribution is 2.53. The van der Waals surface area contributed by atoms with E-state index >= 15 is 0 Å². The molecule has 0 aliphatic heterocycles. The SMILES string of the molecule is [2H]c1c([2H])c([2H])c(-c2nc(-c3ccc(-n4c5ccccc5c5c6ccccc6c6c7ccccc7sc6c54)cc3)nc3ncccc23)c([2H])c1[2H].c1ccc(-c2ccc(-c3nc(-c4ccc(-n5c6ccccc6c6c7ccccc7c7c8ccccc8sc7c65)cc4)nc4ncccc34)cc2)cc1.c1ccc(-c2nc(-c3ccc(-n4c5ccccc5c5c6ccccc6c6c7ccccc7sc6c54)cc3)nc3ncccc23)cc1. The van der Waals surface area contributed by atoms with Gasteiger partial charge in [0, 0.05) is 164 Å². The second-order valence-corrected chi connectivity index (χ2v) is 39.2. The molecule has 0 saturated carbocycles. The molecule has 0 atom stereocenters. The lowest BCUT2D eigenvalue weighted by atomic mass is 9.99. The van der Waals surface area contributed by atoms with E-state index in [0.717, 1.165) is 72.5 Å². The lowest BCUT2D eigenvalue weighted by Crippen LogP contribution is -1.98. The molecule has 0 bridgehead atoms. The third-order valence-electron chi connectivity index (χ3n) is 28.1. The largest absolute Gasteiger partial charge is 0.308 e. The first-order valence-electron chi connectivity index (χ1n) is 50.3. The van der Waals surface area contributed by atoms with E-state index < -0.39 is 18.1 Å². The molecule has 0 aliphatic rings. The van der Waals surface area contributed by atoms with Gasteiger partial charge in [0.05, 0.1) is 71.1 Å². The van der Waals surface area contributed by atoms with E-state index in [9.17, 15) is 0 Å². The molecular formula is C129H76N12S3. The Morgan fingerprint density at radius 3 is 0.778 bits per heavy atom. The molecule has 0 aliphatic carbocycles. The highest BCUT2D eigenvalue weighted by atomic mass is 32.1. The molecule has 0 fully saturated rings. The molecule has 31 rings (SSSR count). The standard InChI is InChI=1S/C47H28N4S.2C41H24N4S/c1-2-11-29(12-3-1)30-20-22-31(23-21-30)43-38-17-10-28-48-47(38)50-46(49-43)32-24-26-33(27-25-32)51-39-18-8-6-15-36(39)41-34-13-4-5-14-35(34)42-37-16-7-9-19-40(37)52-45(42)44(41)51;2*1-2-11-25(12-3-1)37-32-17-10-24-42-41(32)44-40(43-37)26-20-22-27(23-21-26)45-33-18-8-6-15-30(33)35-28-13-4-5-14-29(28)36-31-16-7-9-19-34(31)46-39(36)38(35)45/h1-28H;2*1-24H/i;1D,2D,3D,11D,12D;. The predicted molar refractivity (Wildman–Crippen MR) is 604 cm³/mol. The average Bonchev–Trinajstić information content (AvgIpc) is 1.54. The zero-order valence-corrected chi connectivity index (χ0v) is 79.0. The number of rotatable bonds is 10. The minimum atomic E-state index is -0.452. The van der Waals surface area contributed by atoms with Crippen molar-refractivity contribution in [1.29, 1.82) is 0 Å². The fraction of sp³-hybridized carbons (Fsp3) is 0. The van der Waals surface area contributed by atoms with E-state index in [1.165, 1.54) is 158 Å². The maximum absolute atomic E-state index is 8.65. The monoisotopic (exact) mass is 1890 g/mol. The molecule has 12 aromatic heterocycles. The zero-order valence-electron chi connectivity index (χ0n) is 81.6. The van der Waals surface area contributed by atoms with Crippen molar-refractivity contribution in [3.05, 3.63) is 461 Å². The van der Waals surface area contributed by atoms with Crippen LogP contribution in [0.5, 0.6) is 0 Å². The summed E-state index contributed by atoms with van der Waals surface area (Å²) >= 11 is 5.58. The smallest absolute Gasteiger partial charge is 0.163 e. The topological polar surface area (TPSA) is 131 Å². The lowest BCUT2D eigenvalue weighted by molar-refractivity contribution is 1.17. The molecule has 0 N–H and O–H groups in total. The first-order valence-corrected chi connectivity index (χ1v) is 50.2. The van der Waals surface area contributed by atoms with Crippen LogP contribution in [0, 0.1) is 0 Å². The molecular weight excluding hydrogens is 1810 g/mol. The van der Waals surface area contributed by atoms with E-state index in [1.54, 1.807) is 30.7 Å². The van der Waals surface area contributed by atoms with Crippen molar-refractivity contribution >= 4 is 225 Å². The van der Waals surface area contributed by atoms with Crippen LogP contribution >= 0.6 is 34.0 Å². The third kappa shape index (κ3) is 13.3. The summed E-state index contributed by atoms with van der Waals surface area (Å²) in [6.07, 6.45) is 5.21. The van der Waals surface area contributed by atoms with Crippen LogP contribution in [0.1, 0.15) is 6.85 Å². The number of para-hydroxylation sites is 3. The summed E-state index contributed by atoms with van der Waals surface area (Å²) in [4.78, 5) is 43.4. The number of nitrogens with zero attached hydrogens (tertiary/aromatic N) is 12. The first-order chi connectivity index (χ1) is 73.5. The van der Waals surface area contributed by atoms with E-state index in [-0.39, 0.29) is 23.3 Å². The van der Waals surface area contributed by atoms with Crippen molar-refractivity contribution in [3.63, 3.8) is 0 Å². The van der Waals surface area contributed by atoms with E-state index in [4.69, 9.17) is 36.8 Å². The van der Waals surface area contributed by atoms with Crippen molar-refractivity contribution in [2.75, 3.05) is 0 Å². The van der Waals surface area contributed by atoms with Crippen LogP contribution in [0.15, 0.2) is 461 Å². The summed E-state index contributed by atoms with van der Waals surface area (Å²) in [6, 6.07) is 143. The molecule has 0 unspecified atom stereocenters. The number of hydrogen-bond acceptors (Lipinski definition) is 12. The number of benzene rings is 19. The summed E-state index contributed by atoms with van der Waals surface area (Å²) < 4.78 is 56.9. The first kappa shape index (κ1) is 77.4. The molecule has 12 heterocycles. The summed E-state index contributed by atoms with van der Waals surface area (Å²) in [5, 5.41) is 25.3. The maximum Gasteiger partial charge on any atom is 0.163 e. The quantitative estimate of drug-likeness (QED) is 0.131. The van der Waals surface area contributed by atoms with E-state index in [0.29, 0.717) is 45.4 Å². The van der Waals surface area contributed by atoms with Gasteiger partial charge >= 0.3 is 0 Å². The Balaban J connectivity index is 0.000000105. The Kier molecular flexibility index (Phi) is 18.1. The average molecular weight is 1900 g/mol. The summed E-state index contributed by atoms with van der Waals surface area (Å²) in [7, 11) is 0. The van der Waals surface area contributed by atoms with Crippen molar-refractivity contribution < 1.29 is 6.85 Å². The Bertz CT molecular complexity index is 11000. The van der Waals surface area contributed by atoms with Crippen molar-refractivity contribution in [1.82, 2.24) is 58.6 Å². The van der Waals surface area contributed by atoms with Crippen LogP contribution in [0.2, 0.25) is 0 Å². The molecule has 670 valence electrons. The van der Waals surface area contributed by atoms with Gasteiger partial charge in [-0.3, -0.25) is 0 Å². The second-order valence-electron chi connectivity index (χ2n) is 36.0. The van der Waals surface area contributed by atoms with Gasteiger partial charge in [0.2, 0.25) is 0 Å². The molecule has 0 amide bonds. The molecule has 15 heteroatoms. The van der Waals surface area contributed by atoms with Gasteiger partial charge in [-0.05, 0) is 189 Å². The van der Waals surface area contributed by atoms with Gasteiger partial charge in [-0.25, -0.2) is 44.9 Å². The number of aromatic nitrogens is 12. The van der Waals surface area contributed by atoms with Crippen LogP contribution in [0.3, 0.4) is 0 Å². The number of hydrogen-bond donors (Lipinski definition) is 0. The van der Waals surface area contributed by atoms with Gasteiger partial charge < -0.3 is 13.7 Å². The Morgan fingerprint density at radius 1 is 0.188 bits per heavy atom. The second kappa shape index (κ2) is 33.7. The van der Waals surface area contributed by atoms with E-state index in [2.05, 4.69) is 374 Å². The predicted octanol–water partition coefficient (Wildman–Crippen LogP) is 34.6. The fourth-order valence-electron chi connectivity index (χ4n) is 21.8. The molecule has 31 aromatic rings. The van der Waals surface area contributed by atoms with Crippen LogP contribution < -0.4 is 0 Å². The normalized spacial score (nSPS) is 12.4. The van der Waals surface area contributed by atoms with Gasteiger partial charge in [0.1, 0.15) is 0 Å². The van der Waals surface area contributed by atoms with Gasteiger partial charge in [-0.15, -0.1) is 34.0 Å². The minimum Gasteiger partial charge on any atom is -0.308 e. The fourth-order valence-corrected chi connectivity index (χ4v) is 25.6. The van der Waals surface area contributed by atoms with Crippen LogP contribution in [-0.2, 0) is 0 Å². The van der Waals surface area contributed by atoms with E-state index in [1.807, 2.05) is 88.6 Å². The Morgan fingerprint density at radius 2 is 0.438 bits per heavy atom. The minimum absolute atomic E-state index is 0.0177. The third-order valence-corrected chi connectivity index (χ3v) is 31.6. The number of thiophene rings is 3. The summed E-state index contributed by atoms with van der Waals surface area (Å²) in [5.41, 5.74) is 21.1. The van der Waals surface area contributed by atoms with Gasteiger partial charge in [0.15, 0.2) is 34.4 Å². The maximum atomic E-state index is 8.65. The van der Waals surface area contributed by atoms with Gasteiger partial charge in [0.25, 0.3) is 0 Å². The highest BCUT2D eigenvalue weighted by molar-refractivity contribution is 7.28. The summed E-state index contributed by atoms with van der Waals surface area (Å²) in [5.74, 6) is 1.66. The van der Waals surface area contributed by atoms with Gasteiger partial charge in [-0.2, -0.15) is 0 Å². The molecule has 12 nitrogen and oxygen atoms in total. The van der Waals surface area contributed by atoms with Gasteiger partial charge in [-0.1, -0.05) is 297 Å². The molecule has 144 heavy (non-hydrogen) atoms. The number of pyridine rings is 3. The Hall–Kier alpha value is -18.5. The van der Waals surface area contributed by atoms with Crippen LogP contribution in [0.4, 0.5) is 0 Å². The Labute approximate surface area is 842 Å². The van der Waals surface area contributed by atoms with Crippen LogP contribution in [0.25, 0.3) is 287 Å². The molecule has 0 saturated heterocycles.